The molecule has 1 unspecified atom stereocenters. The largest absolute Gasteiger partial charge is 0.309 e. The van der Waals surface area contributed by atoms with E-state index in [0.717, 1.165) is 25.3 Å². The topological polar surface area (TPSA) is 28.2 Å². The van der Waals surface area contributed by atoms with Crippen LogP contribution in [0.3, 0.4) is 0 Å². The molecule has 1 aromatic rings. The summed E-state index contributed by atoms with van der Waals surface area (Å²) < 4.78 is 0. The van der Waals surface area contributed by atoms with E-state index in [2.05, 4.69) is 29.7 Å². The third-order valence-corrected chi connectivity index (χ3v) is 4.61. The Labute approximate surface area is 106 Å². The number of likely N-dealkylation sites (N-methyl/N-ethyl adjacent to an activating group) is 1. The standard InChI is InChI=1S/C11H19N3S2/c1-14(2)5-3-11-13-10(8-16-11)9-7-15-6-4-12-9/h8-9,12H,3-7H2,1-2H3. The summed E-state index contributed by atoms with van der Waals surface area (Å²) in [6, 6.07) is 0.475. The fraction of sp³-hybridized carbons (Fsp3) is 0.727. The molecule has 16 heavy (non-hydrogen) atoms. The van der Waals surface area contributed by atoms with Crippen LogP contribution in [0.25, 0.3) is 0 Å². The Morgan fingerprint density at radius 1 is 1.56 bits per heavy atom. The first-order valence-electron chi connectivity index (χ1n) is 5.66. The Kier molecular flexibility index (Phi) is 4.64. The molecule has 0 saturated carbocycles. The van der Waals surface area contributed by atoms with E-state index in [1.54, 1.807) is 11.3 Å². The van der Waals surface area contributed by atoms with Crippen molar-refractivity contribution in [3.63, 3.8) is 0 Å². The second kappa shape index (κ2) is 6.00. The van der Waals surface area contributed by atoms with Gasteiger partial charge in [-0.1, -0.05) is 0 Å². The monoisotopic (exact) mass is 257 g/mol. The fourth-order valence-corrected chi connectivity index (χ4v) is 3.47. The van der Waals surface area contributed by atoms with Gasteiger partial charge in [-0.15, -0.1) is 11.3 Å². The highest BCUT2D eigenvalue weighted by Crippen LogP contribution is 2.23. The van der Waals surface area contributed by atoms with E-state index < -0.39 is 0 Å². The molecule has 1 atom stereocenters. The van der Waals surface area contributed by atoms with Gasteiger partial charge >= 0.3 is 0 Å². The number of rotatable bonds is 4. The highest BCUT2D eigenvalue weighted by Gasteiger charge is 2.17. The molecule has 0 aromatic carbocycles. The van der Waals surface area contributed by atoms with E-state index in [1.807, 2.05) is 11.8 Å². The van der Waals surface area contributed by atoms with Crippen molar-refractivity contribution in [1.29, 1.82) is 0 Å². The first kappa shape index (κ1) is 12.4. The zero-order valence-electron chi connectivity index (χ0n) is 9.90. The maximum Gasteiger partial charge on any atom is 0.0941 e. The lowest BCUT2D eigenvalue weighted by atomic mass is 10.2. The zero-order chi connectivity index (χ0) is 11.4. The number of thiazole rings is 1. The van der Waals surface area contributed by atoms with E-state index >= 15 is 0 Å². The first-order chi connectivity index (χ1) is 7.75. The maximum absolute atomic E-state index is 4.72. The van der Waals surface area contributed by atoms with Crippen molar-refractivity contribution < 1.29 is 0 Å². The van der Waals surface area contributed by atoms with Crippen molar-refractivity contribution in [3.05, 3.63) is 16.1 Å². The summed E-state index contributed by atoms with van der Waals surface area (Å²) in [6.07, 6.45) is 1.07. The van der Waals surface area contributed by atoms with Crippen LogP contribution >= 0.6 is 23.1 Å². The van der Waals surface area contributed by atoms with Gasteiger partial charge in [0, 0.05) is 36.4 Å². The molecular weight excluding hydrogens is 238 g/mol. The molecular formula is C11H19N3S2. The van der Waals surface area contributed by atoms with Crippen LogP contribution in [-0.2, 0) is 6.42 Å². The van der Waals surface area contributed by atoms with E-state index in [0.29, 0.717) is 6.04 Å². The second-order valence-electron chi connectivity index (χ2n) is 4.30. The summed E-state index contributed by atoms with van der Waals surface area (Å²) >= 11 is 3.82. The molecule has 1 saturated heterocycles. The van der Waals surface area contributed by atoms with Crippen molar-refractivity contribution in [3.8, 4) is 0 Å². The van der Waals surface area contributed by atoms with Crippen molar-refractivity contribution >= 4 is 23.1 Å². The lowest BCUT2D eigenvalue weighted by Gasteiger charge is -2.21. The van der Waals surface area contributed by atoms with Gasteiger partial charge in [-0.3, -0.25) is 0 Å². The summed E-state index contributed by atoms with van der Waals surface area (Å²) in [6.45, 7) is 2.19. The van der Waals surface area contributed by atoms with Crippen LogP contribution in [0.15, 0.2) is 5.38 Å². The number of nitrogens with one attached hydrogen (secondary N) is 1. The second-order valence-corrected chi connectivity index (χ2v) is 6.39. The van der Waals surface area contributed by atoms with Crippen LogP contribution in [0.1, 0.15) is 16.7 Å². The minimum absolute atomic E-state index is 0.475. The lowest BCUT2D eigenvalue weighted by molar-refractivity contribution is 0.413. The number of hydrogen-bond acceptors (Lipinski definition) is 5. The van der Waals surface area contributed by atoms with Crippen LogP contribution in [0, 0.1) is 0 Å². The Balaban J connectivity index is 1.90. The van der Waals surface area contributed by atoms with E-state index in [4.69, 9.17) is 4.98 Å². The molecule has 1 aromatic heterocycles. The molecule has 0 bridgehead atoms. The average Bonchev–Trinajstić information content (AvgIpc) is 2.76. The molecule has 2 rings (SSSR count). The molecule has 0 amide bonds. The maximum atomic E-state index is 4.72. The summed E-state index contributed by atoms with van der Waals surface area (Å²) in [5.74, 6) is 2.39. The Morgan fingerprint density at radius 2 is 2.44 bits per heavy atom. The molecule has 0 aliphatic carbocycles. The summed E-state index contributed by atoms with van der Waals surface area (Å²) in [4.78, 5) is 6.93. The van der Waals surface area contributed by atoms with Crippen LogP contribution in [0.2, 0.25) is 0 Å². The summed E-state index contributed by atoms with van der Waals surface area (Å²) in [5.41, 5.74) is 1.24. The highest BCUT2D eigenvalue weighted by molar-refractivity contribution is 7.99. The first-order valence-corrected chi connectivity index (χ1v) is 7.69. The van der Waals surface area contributed by atoms with Crippen LogP contribution in [-0.4, -0.2) is 48.6 Å². The van der Waals surface area contributed by atoms with Crippen molar-refractivity contribution in [1.82, 2.24) is 15.2 Å². The lowest BCUT2D eigenvalue weighted by Crippen LogP contribution is -2.30. The van der Waals surface area contributed by atoms with Gasteiger partial charge in [0.15, 0.2) is 0 Å². The van der Waals surface area contributed by atoms with Gasteiger partial charge in [-0.2, -0.15) is 11.8 Å². The summed E-state index contributed by atoms with van der Waals surface area (Å²) in [5, 5.41) is 7.01. The van der Waals surface area contributed by atoms with Gasteiger partial charge in [-0.25, -0.2) is 4.98 Å². The van der Waals surface area contributed by atoms with Crippen molar-refractivity contribution in [2.45, 2.75) is 12.5 Å². The predicted octanol–water partition coefficient (Wildman–Crippen LogP) is 1.62. The molecule has 5 heteroatoms. The average molecular weight is 257 g/mol. The minimum atomic E-state index is 0.475. The zero-order valence-corrected chi connectivity index (χ0v) is 11.5. The predicted molar refractivity (Wildman–Crippen MR) is 72.4 cm³/mol. The van der Waals surface area contributed by atoms with Crippen LogP contribution in [0.4, 0.5) is 0 Å². The van der Waals surface area contributed by atoms with Crippen LogP contribution < -0.4 is 5.32 Å². The number of nitrogens with zero attached hydrogens (tertiary/aromatic N) is 2. The molecule has 0 radical (unpaired) electrons. The Hall–Kier alpha value is -0.100. The normalized spacial score (nSPS) is 21.6. The van der Waals surface area contributed by atoms with Crippen LogP contribution in [0.5, 0.6) is 0 Å². The quantitative estimate of drug-likeness (QED) is 0.887. The third kappa shape index (κ3) is 3.45. The van der Waals surface area contributed by atoms with E-state index in [1.165, 1.54) is 16.5 Å². The minimum Gasteiger partial charge on any atom is -0.309 e. The van der Waals surface area contributed by atoms with Gasteiger partial charge in [0.05, 0.1) is 16.7 Å². The molecule has 2 heterocycles. The smallest absolute Gasteiger partial charge is 0.0941 e. The Morgan fingerprint density at radius 3 is 3.12 bits per heavy atom. The molecule has 3 nitrogen and oxygen atoms in total. The van der Waals surface area contributed by atoms with Crippen molar-refractivity contribution in [2.75, 3.05) is 38.7 Å². The highest BCUT2D eigenvalue weighted by atomic mass is 32.2. The van der Waals surface area contributed by atoms with Gasteiger partial charge in [0.25, 0.3) is 0 Å². The van der Waals surface area contributed by atoms with Gasteiger partial charge in [0.1, 0.15) is 0 Å². The van der Waals surface area contributed by atoms with E-state index in [9.17, 15) is 0 Å². The molecule has 0 spiro atoms. The van der Waals surface area contributed by atoms with Gasteiger partial charge < -0.3 is 10.2 Å². The molecule has 1 aliphatic rings. The van der Waals surface area contributed by atoms with Gasteiger partial charge in [0.2, 0.25) is 0 Å². The number of aromatic nitrogens is 1. The SMILES string of the molecule is CN(C)CCc1nc(C2CSCCN2)cs1. The summed E-state index contributed by atoms with van der Waals surface area (Å²) in [7, 11) is 4.21. The fourth-order valence-electron chi connectivity index (χ4n) is 1.67. The number of thioether (sulfide) groups is 1. The molecule has 1 fully saturated rings. The number of hydrogen-bond donors (Lipinski definition) is 1. The molecule has 90 valence electrons. The van der Waals surface area contributed by atoms with Crippen molar-refractivity contribution in [2.24, 2.45) is 0 Å². The van der Waals surface area contributed by atoms with Gasteiger partial charge in [-0.05, 0) is 14.1 Å². The molecule has 1 N–H and O–H groups in total. The van der Waals surface area contributed by atoms with E-state index in [-0.39, 0.29) is 0 Å². The Bertz CT molecular complexity index is 319. The third-order valence-electron chi connectivity index (χ3n) is 2.62. The molecule has 1 aliphatic heterocycles.